The maximum Gasteiger partial charge on any atom is 0.193 e. The van der Waals surface area contributed by atoms with Crippen LogP contribution in [0.3, 0.4) is 0 Å². The molecule has 148 valence electrons. The Balaban J connectivity index is 1.26. The lowest BCUT2D eigenvalue weighted by Gasteiger charge is -2.55. The topological polar surface area (TPSA) is 46.1 Å². The highest BCUT2D eigenvalue weighted by Crippen LogP contribution is 2.52. The van der Waals surface area contributed by atoms with Crippen molar-refractivity contribution in [1.29, 1.82) is 0 Å². The van der Waals surface area contributed by atoms with Crippen LogP contribution in [-0.2, 0) is 16.1 Å². The van der Waals surface area contributed by atoms with Crippen molar-refractivity contribution < 1.29 is 9.47 Å². The molecule has 4 unspecified atom stereocenters. The third-order valence-corrected chi connectivity index (χ3v) is 6.65. The molecule has 3 aliphatic rings. The molecule has 4 rings (SSSR count). The number of fused-ring (bicyclic) bond motifs is 1. The molecular weight excluding hydrogens is 338 g/mol. The van der Waals surface area contributed by atoms with Gasteiger partial charge in [-0.1, -0.05) is 44.2 Å². The van der Waals surface area contributed by atoms with Gasteiger partial charge in [-0.2, -0.15) is 0 Å². The molecule has 0 aromatic heterocycles. The van der Waals surface area contributed by atoms with E-state index in [0.717, 1.165) is 32.3 Å². The van der Waals surface area contributed by atoms with Gasteiger partial charge >= 0.3 is 0 Å². The van der Waals surface area contributed by atoms with Gasteiger partial charge in [0.1, 0.15) is 0 Å². The van der Waals surface area contributed by atoms with Gasteiger partial charge in [-0.05, 0) is 18.4 Å². The van der Waals surface area contributed by atoms with E-state index in [4.69, 9.17) is 9.47 Å². The Hall–Kier alpha value is -1.59. The maximum absolute atomic E-state index is 5.97. The molecule has 2 saturated heterocycles. The van der Waals surface area contributed by atoms with E-state index in [1.165, 1.54) is 18.4 Å². The first-order chi connectivity index (χ1) is 13.1. The Kier molecular flexibility index (Phi) is 5.42. The molecule has 2 aliphatic heterocycles. The summed E-state index contributed by atoms with van der Waals surface area (Å²) in [7, 11) is 1.90. The van der Waals surface area contributed by atoms with Gasteiger partial charge in [0.2, 0.25) is 0 Å². The summed E-state index contributed by atoms with van der Waals surface area (Å²) in [5.41, 5.74) is 1.42. The summed E-state index contributed by atoms with van der Waals surface area (Å²) >= 11 is 0. The summed E-state index contributed by atoms with van der Waals surface area (Å²) in [6.07, 6.45) is 2.74. The van der Waals surface area contributed by atoms with Crippen molar-refractivity contribution in [2.75, 3.05) is 33.4 Å². The molecule has 1 saturated carbocycles. The third kappa shape index (κ3) is 3.72. The van der Waals surface area contributed by atoms with Crippen LogP contribution in [0.15, 0.2) is 35.3 Å². The van der Waals surface area contributed by atoms with Crippen LogP contribution in [0.1, 0.15) is 32.3 Å². The number of ether oxygens (including phenoxy) is 2. The Labute approximate surface area is 163 Å². The minimum atomic E-state index is 0.176. The van der Waals surface area contributed by atoms with Gasteiger partial charge in [0.25, 0.3) is 0 Å². The first kappa shape index (κ1) is 18.8. The molecule has 4 atom stereocenters. The molecule has 5 heteroatoms. The van der Waals surface area contributed by atoms with Crippen molar-refractivity contribution in [3.8, 4) is 0 Å². The first-order valence-electron chi connectivity index (χ1n) is 10.3. The van der Waals surface area contributed by atoms with Crippen LogP contribution >= 0.6 is 0 Å². The lowest BCUT2D eigenvalue weighted by Crippen LogP contribution is -2.68. The molecule has 27 heavy (non-hydrogen) atoms. The van der Waals surface area contributed by atoms with Gasteiger partial charge in [-0.15, -0.1) is 0 Å². The average Bonchev–Trinajstić information content (AvgIpc) is 3.32. The van der Waals surface area contributed by atoms with E-state index >= 15 is 0 Å². The lowest BCUT2D eigenvalue weighted by atomic mass is 9.57. The smallest absolute Gasteiger partial charge is 0.193 e. The van der Waals surface area contributed by atoms with Gasteiger partial charge in [-0.25, -0.2) is 0 Å². The number of hydrogen-bond donors (Lipinski definition) is 1. The average molecular weight is 372 g/mol. The van der Waals surface area contributed by atoms with E-state index in [2.05, 4.69) is 53.3 Å². The van der Waals surface area contributed by atoms with Crippen molar-refractivity contribution in [3.63, 3.8) is 0 Å². The largest absolute Gasteiger partial charge is 0.377 e. The molecule has 0 radical (unpaired) electrons. The molecule has 1 aliphatic carbocycles. The fraction of sp³-hybridized carbons (Fsp3) is 0.682. The highest BCUT2D eigenvalue weighted by atomic mass is 16.5. The molecular formula is C22H33N3O2. The number of aliphatic imine (C=N–C) groups is 1. The minimum Gasteiger partial charge on any atom is -0.377 e. The second-order valence-electron chi connectivity index (χ2n) is 8.84. The number of rotatable bonds is 5. The number of benzene rings is 1. The monoisotopic (exact) mass is 371 g/mol. The molecule has 1 aromatic rings. The van der Waals surface area contributed by atoms with Gasteiger partial charge in [0.05, 0.1) is 19.3 Å². The highest BCUT2D eigenvalue weighted by Gasteiger charge is 2.59. The molecule has 0 spiro atoms. The number of hydrogen-bond acceptors (Lipinski definition) is 3. The van der Waals surface area contributed by atoms with Crippen molar-refractivity contribution in [3.05, 3.63) is 35.9 Å². The van der Waals surface area contributed by atoms with Crippen LogP contribution < -0.4 is 5.32 Å². The predicted molar refractivity (Wildman–Crippen MR) is 108 cm³/mol. The van der Waals surface area contributed by atoms with Crippen LogP contribution in [0.5, 0.6) is 0 Å². The van der Waals surface area contributed by atoms with Gasteiger partial charge < -0.3 is 19.7 Å². The maximum atomic E-state index is 5.97. The second kappa shape index (κ2) is 7.80. The SMILES string of the molecule is CN=C(NC1C2CCOC2C1(C)C)N1CCC(COCc2ccccc2)C1. The van der Waals surface area contributed by atoms with E-state index < -0.39 is 0 Å². The Bertz CT molecular complexity index is 661. The zero-order valence-electron chi connectivity index (χ0n) is 16.9. The molecule has 3 fully saturated rings. The fourth-order valence-corrected chi connectivity index (χ4v) is 5.13. The second-order valence-corrected chi connectivity index (χ2v) is 8.84. The number of likely N-dealkylation sites (tertiary alicyclic amines) is 1. The van der Waals surface area contributed by atoms with Crippen molar-refractivity contribution in [2.24, 2.45) is 22.2 Å². The van der Waals surface area contributed by atoms with E-state index in [0.29, 0.717) is 30.6 Å². The predicted octanol–water partition coefficient (Wildman–Crippen LogP) is 2.91. The summed E-state index contributed by atoms with van der Waals surface area (Å²) in [6.45, 7) is 9.12. The zero-order chi connectivity index (χ0) is 18.9. The normalized spacial score (nSPS) is 32.3. The van der Waals surface area contributed by atoms with Crippen LogP contribution in [0.2, 0.25) is 0 Å². The van der Waals surface area contributed by atoms with E-state index in [1.807, 2.05) is 13.1 Å². The summed E-state index contributed by atoms with van der Waals surface area (Å²) in [6, 6.07) is 10.9. The van der Waals surface area contributed by atoms with Crippen LogP contribution in [-0.4, -0.2) is 56.4 Å². The summed E-state index contributed by atoms with van der Waals surface area (Å²) in [5, 5.41) is 3.76. The number of nitrogens with zero attached hydrogens (tertiary/aromatic N) is 2. The summed E-state index contributed by atoms with van der Waals surface area (Å²) in [5.74, 6) is 2.25. The molecule has 0 bridgehead atoms. The Morgan fingerprint density at radius 3 is 2.89 bits per heavy atom. The standard InChI is InChI=1S/C22H33N3O2/c1-22(2)19(18-10-12-27-20(18)22)24-21(23-3)25-11-9-17(13-25)15-26-14-16-7-5-4-6-8-16/h4-8,17-20H,9-15H2,1-3H3,(H,23,24). The zero-order valence-corrected chi connectivity index (χ0v) is 16.9. The lowest BCUT2D eigenvalue weighted by molar-refractivity contribution is -0.107. The third-order valence-electron chi connectivity index (χ3n) is 6.65. The number of nitrogens with one attached hydrogen (secondary N) is 1. The Morgan fingerprint density at radius 2 is 2.11 bits per heavy atom. The van der Waals surface area contributed by atoms with Gasteiger partial charge in [0, 0.05) is 50.0 Å². The van der Waals surface area contributed by atoms with Crippen LogP contribution in [0.4, 0.5) is 0 Å². The molecule has 1 N–H and O–H groups in total. The van der Waals surface area contributed by atoms with Crippen molar-refractivity contribution in [1.82, 2.24) is 10.2 Å². The van der Waals surface area contributed by atoms with E-state index in [9.17, 15) is 0 Å². The van der Waals surface area contributed by atoms with Gasteiger partial charge in [-0.3, -0.25) is 4.99 Å². The molecule has 1 aromatic carbocycles. The highest BCUT2D eigenvalue weighted by molar-refractivity contribution is 5.80. The van der Waals surface area contributed by atoms with Gasteiger partial charge in [0.15, 0.2) is 5.96 Å². The summed E-state index contributed by atoms with van der Waals surface area (Å²) < 4.78 is 11.9. The quantitative estimate of drug-likeness (QED) is 0.639. The number of guanidine groups is 1. The van der Waals surface area contributed by atoms with E-state index in [-0.39, 0.29) is 5.41 Å². The molecule has 5 nitrogen and oxygen atoms in total. The van der Waals surface area contributed by atoms with Crippen LogP contribution in [0.25, 0.3) is 0 Å². The minimum absolute atomic E-state index is 0.176. The van der Waals surface area contributed by atoms with E-state index in [1.54, 1.807) is 0 Å². The summed E-state index contributed by atoms with van der Waals surface area (Å²) in [4.78, 5) is 6.98. The first-order valence-corrected chi connectivity index (χ1v) is 10.3. The molecule has 2 heterocycles. The van der Waals surface area contributed by atoms with Crippen LogP contribution in [0, 0.1) is 17.3 Å². The molecule has 0 amide bonds. The fourth-order valence-electron chi connectivity index (χ4n) is 5.13. The van der Waals surface area contributed by atoms with Crippen molar-refractivity contribution >= 4 is 5.96 Å². The van der Waals surface area contributed by atoms with Crippen molar-refractivity contribution in [2.45, 2.75) is 45.4 Å². The Morgan fingerprint density at radius 1 is 1.30 bits per heavy atom.